The largest absolute Gasteiger partial charge is 0.444 e. The first-order valence-electron chi connectivity index (χ1n) is 15.7. The van der Waals surface area contributed by atoms with Crippen LogP contribution in [-0.2, 0) is 20.4 Å². The van der Waals surface area contributed by atoms with Crippen LogP contribution in [0.5, 0.6) is 0 Å². The van der Waals surface area contributed by atoms with E-state index >= 15 is 0 Å². The van der Waals surface area contributed by atoms with E-state index in [0.717, 1.165) is 17.7 Å². The maximum absolute atomic E-state index is 14.2. The molecule has 6 rings (SSSR count). The first-order valence-corrected chi connectivity index (χ1v) is 15.7. The zero-order valence-corrected chi connectivity index (χ0v) is 27.0. The normalized spacial score (nSPS) is 20.3. The molecule has 12 nitrogen and oxygen atoms in total. The van der Waals surface area contributed by atoms with Crippen molar-refractivity contribution in [1.29, 1.82) is 0 Å². The van der Waals surface area contributed by atoms with Crippen LogP contribution in [0.3, 0.4) is 0 Å². The van der Waals surface area contributed by atoms with E-state index in [2.05, 4.69) is 10.4 Å². The van der Waals surface area contributed by atoms with Crippen LogP contribution in [0.1, 0.15) is 75.1 Å². The van der Waals surface area contributed by atoms with Crippen LogP contribution < -0.4 is 15.8 Å². The molecule has 1 aromatic carbocycles. The average molecular weight is 658 g/mol. The summed E-state index contributed by atoms with van der Waals surface area (Å²) >= 11 is 0. The SMILES string of the molecule is Cc1cc(C(F)(F)F)ccc1NC(=O)[C@@H]1C[C@@H](C)c2c(N3CCN(C(=O)OC(C)(C)C)CC3)c(=O)n3nc(C4=CCOCC4)nc3n21. The molecule has 15 heteroatoms. The fraction of sp³-hybridized carbons (Fsp3) is 0.531. The van der Waals surface area contributed by atoms with Gasteiger partial charge in [-0.25, -0.2) is 4.79 Å². The number of hydrogen-bond donors (Lipinski definition) is 1. The summed E-state index contributed by atoms with van der Waals surface area (Å²) in [5.74, 6) is -0.125. The van der Waals surface area contributed by atoms with Crippen LogP contribution in [0.25, 0.3) is 11.4 Å². The molecule has 3 aliphatic heterocycles. The molecule has 47 heavy (non-hydrogen) atoms. The van der Waals surface area contributed by atoms with Crippen molar-refractivity contribution in [3.05, 3.63) is 57.3 Å². The van der Waals surface area contributed by atoms with Crippen molar-refractivity contribution >= 4 is 34.7 Å². The number of rotatable bonds is 4. The number of carbonyl (C=O) groups is 2. The van der Waals surface area contributed by atoms with Gasteiger partial charge in [-0.2, -0.15) is 22.7 Å². The molecule has 0 unspecified atom stereocenters. The van der Waals surface area contributed by atoms with Crippen molar-refractivity contribution in [2.24, 2.45) is 0 Å². The van der Waals surface area contributed by atoms with E-state index < -0.39 is 35.4 Å². The van der Waals surface area contributed by atoms with Gasteiger partial charge in [0.2, 0.25) is 11.7 Å². The van der Waals surface area contributed by atoms with Gasteiger partial charge in [-0.3, -0.25) is 14.2 Å². The van der Waals surface area contributed by atoms with Gasteiger partial charge in [0.15, 0.2) is 5.82 Å². The van der Waals surface area contributed by atoms with Gasteiger partial charge >= 0.3 is 12.3 Å². The maximum Gasteiger partial charge on any atom is 0.416 e. The van der Waals surface area contributed by atoms with Crippen molar-refractivity contribution < 1.29 is 32.2 Å². The summed E-state index contributed by atoms with van der Waals surface area (Å²) in [4.78, 5) is 49.2. The molecule has 0 spiro atoms. The van der Waals surface area contributed by atoms with E-state index in [9.17, 15) is 27.6 Å². The first kappa shape index (κ1) is 32.5. The molecule has 0 saturated carbocycles. The summed E-state index contributed by atoms with van der Waals surface area (Å²) in [6.07, 6.45) is -2.18. The number of ether oxygens (including phenoxy) is 2. The quantitative estimate of drug-likeness (QED) is 0.426. The number of hydrogen-bond acceptors (Lipinski definition) is 8. The summed E-state index contributed by atoms with van der Waals surface area (Å²) in [6.45, 7) is 11.1. The second kappa shape index (κ2) is 12.0. The number of aryl methyl sites for hydroxylation is 1. The molecule has 0 radical (unpaired) electrons. The number of piperazine rings is 1. The number of fused-ring (bicyclic) bond motifs is 3. The molecule has 2 aromatic heterocycles. The highest BCUT2D eigenvalue weighted by Gasteiger charge is 2.41. The molecule has 1 fully saturated rings. The number of nitrogens with zero attached hydrogens (tertiary/aromatic N) is 6. The zero-order valence-electron chi connectivity index (χ0n) is 27.0. The second-order valence-corrected chi connectivity index (χ2v) is 13.2. The van der Waals surface area contributed by atoms with Gasteiger partial charge < -0.3 is 24.6 Å². The van der Waals surface area contributed by atoms with Gasteiger partial charge in [0.05, 0.1) is 24.5 Å². The van der Waals surface area contributed by atoms with E-state index in [-0.39, 0.29) is 28.5 Å². The monoisotopic (exact) mass is 657 g/mol. The van der Waals surface area contributed by atoms with Gasteiger partial charge in [0, 0.05) is 37.8 Å². The second-order valence-electron chi connectivity index (χ2n) is 13.2. The fourth-order valence-corrected chi connectivity index (χ4v) is 6.38. The fourth-order valence-electron chi connectivity index (χ4n) is 6.38. The minimum Gasteiger partial charge on any atom is -0.444 e. The molecule has 0 aliphatic carbocycles. The third-order valence-electron chi connectivity index (χ3n) is 8.67. The number of nitrogens with one attached hydrogen (secondary N) is 1. The minimum absolute atomic E-state index is 0.206. The van der Waals surface area contributed by atoms with E-state index in [1.54, 1.807) is 30.2 Å². The van der Waals surface area contributed by atoms with Crippen LogP contribution >= 0.6 is 0 Å². The van der Waals surface area contributed by atoms with Crippen molar-refractivity contribution in [2.45, 2.75) is 71.2 Å². The lowest BCUT2D eigenvalue weighted by Gasteiger charge is -2.37. The molecule has 3 aromatic rings. The van der Waals surface area contributed by atoms with Crippen molar-refractivity contribution in [2.75, 3.05) is 49.6 Å². The molecule has 252 valence electrons. The van der Waals surface area contributed by atoms with Gasteiger partial charge in [0.25, 0.3) is 5.56 Å². The summed E-state index contributed by atoms with van der Waals surface area (Å²) < 4.78 is 53.8. The summed E-state index contributed by atoms with van der Waals surface area (Å²) in [7, 11) is 0. The average Bonchev–Trinajstić information content (AvgIpc) is 3.60. The Balaban J connectivity index is 1.39. The number of halogens is 3. The number of benzene rings is 1. The van der Waals surface area contributed by atoms with Crippen molar-refractivity contribution in [3.63, 3.8) is 0 Å². The Morgan fingerprint density at radius 1 is 1.11 bits per heavy atom. The molecule has 2 amide bonds. The number of alkyl halides is 3. The van der Waals surface area contributed by atoms with Gasteiger partial charge in [0.1, 0.15) is 17.3 Å². The Kier molecular flexibility index (Phi) is 8.31. The predicted molar refractivity (Wildman–Crippen MR) is 168 cm³/mol. The van der Waals surface area contributed by atoms with Crippen LogP contribution in [0.15, 0.2) is 29.1 Å². The highest BCUT2D eigenvalue weighted by molar-refractivity contribution is 5.95. The van der Waals surface area contributed by atoms with Gasteiger partial charge in [-0.15, -0.1) is 5.10 Å². The third-order valence-corrected chi connectivity index (χ3v) is 8.67. The lowest BCUT2D eigenvalue weighted by Crippen LogP contribution is -2.51. The van der Waals surface area contributed by atoms with E-state index in [1.807, 2.05) is 17.9 Å². The first-order chi connectivity index (χ1) is 22.1. The number of amides is 2. The van der Waals surface area contributed by atoms with Crippen molar-refractivity contribution in [3.8, 4) is 0 Å². The minimum atomic E-state index is -4.51. The Bertz CT molecular complexity index is 1820. The van der Waals surface area contributed by atoms with Gasteiger partial charge in [-0.1, -0.05) is 13.0 Å². The van der Waals surface area contributed by atoms with Crippen LogP contribution in [0.2, 0.25) is 0 Å². The van der Waals surface area contributed by atoms with Crippen LogP contribution in [0, 0.1) is 6.92 Å². The number of aromatic nitrogens is 4. The molecule has 1 saturated heterocycles. The topological polar surface area (TPSA) is 123 Å². The summed E-state index contributed by atoms with van der Waals surface area (Å²) in [5.41, 5.74) is 0.529. The Hall–Kier alpha value is -4.40. The zero-order chi connectivity index (χ0) is 33.8. The van der Waals surface area contributed by atoms with Gasteiger partial charge in [-0.05, 0) is 69.9 Å². The number of carbonyl (C=O) groups excluding carboxylic acids is 2. The Morgan fingerprint density at radius 3 is 2.45 bits per heavy atom. The van der Waals surface area contributed by atoms with Crippen LogP contribution in [-0.4, -0.2) is 81.1 Å². The molecule has 3 aliphatic rings. The molecule has 5 heterocycles. The lowest BCUT2D eigenvalue weighted by molar-refractivity contribution is -0.137. The molecular weight excluding hydrogens is 619 g/mol. The smallest absolute Gasteiger partial charge is 0.416 e. The Labute approximate surface area is 269 Å². The standard InChI is InChI=1S/C32H38F3N7O5/c1-18-16-21(32(33,34)35)6-7-22(18)36-27(43)23-17-19(2)24-25(39-10-12-40(13-11-39)30(45)47-31(3,4)5)28(44)42-29(41(23)24)37-26(38-42)20-8-14-46-15-9-20/h6-8,16,19,23H,9-15,17H2,1-5H3,(H,36,43)/t19-,23+/m1/s1. The van der Waals surface area contributed by atoms with E-state index in [0.29, 0.717) is 69.4 Å². The summed E-state index contributed by atoms with van der Waals surface area (Å²) in [6, 6.07) is 2.35. The third kappa shape index (κ3) is 6.32. The molecule has 0 bridgehead atoms. The highest BCUT2D eigenvalue weighted by Crippen LogP contribution is 2.42. The molecule has 2 atom stereocenters. The lowest BCUT2D eigenvalue weighted by atomic mass is 10.0. The maximum atomic E-state index is 14.2. The van der Waals surface area contributed by atoms with E-state index in [1.165, 1.54) is 17.5 Å². The predicted octanol–water partition coefficient (Wildman–Crippen LogP) is 4.77. The number of anilines is 2. The Morgan fingerprint density at radius 2 is 1.83 bits per heavy atom. The molecular formula is C32H38F3N7O5. The van der Waals surface area contributed by atoms with Crippen LogP contribution in [0.4, 0.5) is 29.3 Å². The highest BCUT2D eigenvalue weighted by atomic mass is 19.4. The summed E-state index contributed by atoms with van der Waals surface area (Å²) in [5, 5.41) is 7.42. The van der Waals surface area contributed by atoms with Crippen molar-refractivity contribution in [1.82, 2.24) is 24.1 Å². The van der Waals surface area contributed by atoms with E-state index in [4.69, 9.17) is 14.5 Å². The molecule has 1 N–H and O–H groups in total.